The summed E-state index contributed by atoms with van der Waals surface area (Å²) >= 11 is 0. The standard InChI is InChI=1S/C25H31N3O5S/c1-24(2)12-16-11-19(32-6)23-18(13-25(3,4)33-23)21(16)22(27-24)15-7-9-17(10-8-15)34(30,31)28(5)14-20(26)29/h7-11H,12-14H2,1-6H3,(H2,26,29). The van der Waals surface area contributed by atoms with E-state index in [0.717, 1.165) is 50.2 Å². The van der Waals surface area contributed by atoms with E-state index >= 15 is 0 Å². The van der Waals surface area contributed by atoms with Gasteiger partial charge < -0.3 is 15.2 Å². The van der Waals surface area contributed by atoms with Crippen molar-refractivity contribution in [3.63, 3.8) is 0 Å². The molecule has 2 aromatic carbocycles. The zero-order valence-corrected chi connectivity index (χ0v) is 21.2. The molecule has 1 amide bonds. The number of hydrogen-bond acceptors (Lipinski definition) is 6. The summed E-state index contributed by atoms with van der Waals surface area (Å²) in [4.78, 5) is 16.3. The second kappa shape index (κ2) is 8.09. The molecule has 0 spiro atoms. The Morgan fingerprint density at radius 2 is 1.82 bits per heavy atom. The Morgan fingerprint density at radius 3 is 2.41 bits per heavy atom. The van der Waals surface area contributed by atoms with E-state index in [4.69, 9.17) is 20.2 Å². The lowest BCUT2D eigenvalue weighted by atomic mass is 9.81. The quantitative estimate of drug-likeness (QED) is 0.676. The maximum atomic E-state index is 12.8. The highest BCUT2D eigenvalue weighted by Gasteiger charge is 2.39. The lowest BCUT2D eigenvalue weighted by molar-refractivity contribution is -0.118. The van der Waals surface area contributed by atoms with Crippen molar-refractivity contribution in [1.29, 1.82) is 0 Å². The highest BCUT2D eigenvalue weighted by atomic mass is 32.2. The molecule has 4 rings (SSSR count). The molecule has 0 aliphatic carbocycles. The molecule has 0 unspecified atom stereocenters. The molecule has 2 N–H and O–H groups in total. The number of methoxy groups -OCH3 is 1. The molecule has 8 nitrogen and oxygen atoms in total. The first-order valence-corrected chi connectivity index (χ1v) is 12.6. The number of primary amides is 1. The number of hydrogen-bond donors (Lipinski definition) is 1. The monoisotopic (exact) mass is 485 g/mol. The van der Waals surface area contributed by atoms with E-state index in [1.54, 1.807) is 19.2 Å². The molecule has 0 saturated carbocycles. The molecule has 9 heteroatoms. The number of aliphatic imine (C=N–C) groups is 1. The van der Waals surface area contributed by atoms with Gasteiger partial charge >= 0.3 is 0 Å². The largest absolute Gasteiger partial charge is 0.493 e. The molecule has 0 atom stereocenters. The van der Waals surface area contributed by atoms with Crippen LogP contribution in [0.4, 0.5) is 0 Å². The van der Waals surface area contributed by atoms with Crippen LogP contribution in [0.5, 0.6) is 11.5 Å². The third-order valence-electron chi connectivity index (χ3n) is 6.12. The first-order valence-electron chi connectivity index (χ1n) is 11.1. The summed E-state index contributed by atoms with van der Waals surface area (Å²) in [6, 6.07) is 8.62. The summed E-state index contributed by atoms with van der Waals surface area (Å²) < 4.78 is 38.5. The summed E-state index contributed by atoms with van der Waals surface area (Å²) in [7, 11) is -0.866. The van der Waals surface area contributed by atoms with E-state index in [1.807, 2.05) is 19.9 Å². The van der Waals surface area contributed by atoms with Crippen molar-refractivity contribution < 1.29 is 22.7 Å². The van der Waals surface area contributed by atoms with Crippen LogP contribution in [-0.4, -0.2) is 56.2 Å². The van der Waals surface area contributed by atoms with Gasteiger partial charge in [-0.2, -0.15) is 4.31 Å². The van der Waals surface area contributed by atoms with Crippen LogP contribution >= 0.6 is 0 Å². The number of ether oxygens (including phenoxy) is 2. The maximum absolute atomic E-state index is 12.8. The van der Waals surface area contributed by atoms with Crippen molar-refractivity contribution in [2.45, 2.75) is 56.6 Å². The number of carbonyl (C=O) groups excluding carboxylic acids is 1. The molecule has 2 aliphatic heterocycles. The van der Waals surface area contributed by atoms with Gasteiger partial charge in [-0.05, 0) is 57.9 Å². The van der Waals surface area contributed by atoms with Gasteiger partial charge in [-0.15, -0.1) is 0 Å². The number of fused-ring (bicyclic) bond motifs is 3. The molecule has 0 radical (unpaired) electrons. The molecular weight excluding hydrogens is 454 g/mol. The van der Waals surface area contributed by atoms with Gasteiger partial charge in [-0.25, -0.2) is 8.42 Å². The van der Waals surface area contributed by atoms with Crippen LogP contribution < -0.4 is 15.2 Å². The smallest absolute Gasteiger partial charge is 0.243 e. The van der Waals surface area contributed by atoms with E-state index in [9.17, 15) is 13.2 Å². The average Bonchev–Trinajstić information content (AvgIpc) is 3.06. The minimum Gasteiger partial charge on any atom is -0.493 e. The number of likely N-dealkylation sites (N-methyl/N-ethyl adjacent to an activating group) is 1. The third-order valence-corrected chi connectivity index (χ3v) is 7.93. The Hall–Kier alpha value is -2.91. The fourth-order valence-corrected chi connectivity index (χ4v) is 5.84. The number of nitrogens with zero attached hydrogens (tertiary/aromatic N) is 2. The second-order valence-electron chi connectivity index (χ2n) is 10.2. The van der Waals surface area contributed by atoms with E-state index < -0.39 is 15.9 Å². The number of sulfonamides is 1. The lowest BCUT2D eigenvalue weighted by Crippen LogP contribution is -2.35. The van der Waals surface area contributed by atoms with E-state index in [2.05, 4.69) is 13.8 Å². The van der Waals surface area contributed by atoms with Gasteiger partial charge in [0.15, 0.2) is 11.5 Å². The Labute approximate surface area is 200 Å². The fourth-order valence-electron chi connectivity index (χ4n) is 4.70. The molecule has 182 valence electrons. The summed E-state index contributed by atoms with van der Waals surface area (Å²) in [6.07, 6.45) is 1.46. The number of carbonyl (C=O) groups is 1. The third kappa shape index (κ3) is 4.30. The molecule has 2 heterocycles. The molecule has 0 aromatic heterocycles. The molecule has 0 saturated heterocycles. The minimum absolute atomic E-state index is 0.0836. The first-order chi connectivity index (χ1) is 15.7. The predicted molar refractivity (Wildman–Crippen MR) is 130 cm³/mol. The van der Waals surface area contributed by atoms with Crippen LogP contribution in [0, 0.1) is 0 Å². The molecule has 2 aromatic rings. The van der Waals surface area contributed by atoms with Crippen molar-refractivity contribution in [1.82, 2.24) is 4.31 Å². The Morgan fingerprint density at radius 1 is 1.18 bits per heavy atom. The van der Waals surface area contributed by atoms with Crippen molar-refractivity contribution in [2.75, 3.05) is 20.7 Å². The number of benzene rings is 2. The van der Waals surface area contributed by atoms with E-state index in [1.165, 1.54) is 19.2 Å². The van der Waals surface area contributed by atoms with Gasteiger partial charge in [0.25, 0.3) is 0 Å². The van der Waals surface area contributed by atoms with Crippen molar-refractivity contribution in [3.8, 4) is 11.5 Å². The summed E-state index contributed by atoms with van der Waals surface area (Å²) in [5.41, 5.74) is 9.29. The highest BCUT2D eigenvalue weighted by Crippen LogP contribution is 2.47. The van der Waals surface area contributed by atoms with Crippen LogP contribution in [0.1, 0.15) is 49.9 Å². The van der Waals surface area contributed by atoms with Crippen LogP contribution in [0.15, 0.2) is 40.2 Å². The zero-order chi connectivity index (χ0) is 25.1. The SMILES string of the molecule is COc1cc2c(c3c1OC(C)(C)C3)C(c1ccc(S(=O)(=O)N(C)CC(N)=O)cc1)=NC(C)(C)C2. The number of nitrogens with two attached hydrogens (primary N) is 1. The zero-order valence-electron chi connectivity index (χ0n) is 20.4. The van der Waals surface area contributed by atoms with E-state index in [0.29, 0.717) is 6.42 Å². The Balaban J connectivity index is 1.82. The molecular formula is C25H31N3O5S. The van der Waals surface area contributed by atoms with Gasteiger partial charge in [0.05, 0.1) is 29.8 Å². The number of rotatable bonds is 6. The average molecular weight is 486 g/mol. The maximum Gasteiger partial charge on any atom is 0.243 e. The van der Waals surface area contributed by atoms with Crippen LogP contribution in [0.25, 0.3) is 0 Å². The van der Waals surface area contributed by atoms with Gasteiger partial charge in [0, 0.05) is 30.2 Å². The van der Waals surface area contributed by atoms with Crippen molar-refractivity contribution >= 4 is 21.6 Å². The first kappa shape index (κ1) is 24.2. The lowest BCUT2D eigenvalue weighted by Gasteiger charge is -2.31. The number of amides is 1. The highest BCUT2D eigenvalue weighted by molar-refractivity contribution is 7.89. The fraction of sp³-hybridized carbons (Fsp3) is 0.440. The van der Waals surface area contributed by atoms with Gasteiger partial charge in [-0.1, -0.05) is 12.1 Å². The van der Waals surface area contributed by atoms with Gasteiger partial charge in [0.2, 0.25) is 15.9 Å². The second-order valence-corrected chi connectivity index (χ2v) is 12.2. The van der Waals surface area contributed by atoms with Gasteiger partial charge in [-0.3, -0.25) is 9.79 Å². The van der Waals surface area contributed by atoms with Crippen molar-refractivity contribution in [2.24, 2.45) is 10.7 Å². The topological polar surface area (TPSA) is 111 Å². The van der Waals surface area contributed by atoms with Crippen LogP contribution in [0.3, 0.4) is 0 Å². The molecule has 34 heavy (non-hydrogen) atoms. The molecule has 0 bridgehead atoms. The summed E-state index contributed by atoms with van der Waals surface area (Å²) in [5, 5.41) is 0. The van der Waals surface area contributed by atoms with Crippen LogP contribution in [0.2, 0.25) is 0 Å². The predicted octanol–water partition coefficient (Wildman–Crippen LogP) is 2.69. The summed E-state index contributed by atoms with van der Waals surface area (Å²) in [6.45, 7) is 7.86. The van der Waals surface area contributed by atoms with Crippen molar-refractivity contribution in [3.05, 3.63) is 52.6 Å². The Bertz CT molecular complexity index is 1290. The minimum atomic E-state index is -3.84. The normalized spacial score (nSPS) is 18.0. The van der Waals surface area contributed by atoms with Crippen LogP contribution in [-0.2, 0) is 27.7 Å². The molecule has 0 fully saturated rings. The Kier molecular flexibility index (Phi) is 5.77. The van der Waals surface area contributed by atoms with E-state index in [-0.39, 0.29) is 22.6 Å². The van der Waals surface area contributed by atoms with Gasteiger partial charge in [0.1, 0.15) is 5.60 Å². The summed E-state index contributed by atoms with van der Waals surface area (Å²) in [5.74, 6) is 0.744. The molecule has 2 aliphatic rings.